The van der Waals surface area contributed by atoms with E-state index in [0.29, 0.717) is 23.9 Å². The number of fused-ring (bicyclic) bond motifs is 5. The van der Waals surface area contributed by atoms with E-state index >= 15 is 0 Å². The number of hydrogen-bond acceptors (Lipinski definition) is 12. The lowest BCUT2D eigenvalue weighted by atomic mass is 9.87. The predicted octanol–water partition coefficient (Wildman–Crippen LogP) is -0.342. The minimum atomic E-state index is -3.69. The molecule has 2 unspecified atom stereocenters. The fourth-order valence-corrected chi connectivity index (χ4v) is 6.69. The average Bonchev–Trinajstić information content (AvgIpc) is 3.54. The Labute approximate surface area is 211 Å². The molecule has 16 nitrogen and oxygen atoms in total. The topological polar surface area (TPSA) is 210 Å². The second kappa shape index (κ2) is 8.22. The van der Waals surface area contributed by atoms with E-state index in [1.165, 1.54) is 11.0 Å². The van der Waals surface area contributed by atoms with Crippen LogP contribution in [-0.2, 0) is 30.3 Å². The molecule has 0 aliphatic carbocycles. The summed E-state index contributed by atoms with van der Waals surface area (Å²) >= 11 is 5.25. The highest BCUT2D eigenvalue weighted by atomic mass is 32.5. The summed E-state index contributed by atoms with van der Waals surface area (Å²) in [7, 11) is 0. The second-order valence-corrected chi connectivity index (χ2v) is 11.9. The van der Waals surface area contributed by atoms with Crippen LogP contribution in [0, 0.1) is 5.92 Å². The number of H-pyrrole nitrogens is 2. The maximum absolute atomic E-state index is 12.2. The summed E-state index contributed by atoms with van der Waals surface area (Å²) < 4.78 is 27.0. The normalized spacial score (nSPS) is 33.9. The van der Waals surface area contributed by atoms with Crippen molar-refractivity contribution in [2.45, 2.75) is 43.6 Å². The lowest BCUT2D eigenvalue weighted by molar-refractivity contribution is -0.240. The number of hydrogen-bond donors (Lipinski definition) is 4. The van der Waals surface area contributed by atoms with Gasteiger partial charge in [-0.3, -0.25) is 14.6 Å². The number of rotatable bonds is 2. The van der Waals surface area contributed by atoms with Crippen molar-refractivity contribution in [3.05, 3.63) is 39.3 Å². The number of aromatic nitrogens is 8. The van der Waals surface area contributed by atoms with Crippen LogP contribution in [0.5, 0.6) is 0 Å². The molecule has 7 heterocycles. The SMILES string of the molecule is Nc1nc2c(nnn2[C@@H]2O[C@H]3CC4[C@H](n5ccc6c(=O)[nH]cnc65)O[C@@H]4COP(O)(=S)O[C@@H]2C3)c(=O)[nH]1. The molecule has 3 saturated heterocycles. The van der Waals surface area contributed by atoms with Gasteiger partial charge in [0.2, 0.25) is 5.95 Å². The minimum Gasteiger partial charge on any atom is -0.369 e. The molecule has 7 atom stereocenters. The molecule has 0 spiro atoms. The van der Waals surface area contributed by atoms with Crippen LogP contribution < -0.4 is 16.9 Å². The van der Waals surface area contributed by atoms with Crippen molar-refractivity contribution in [3.63, 3.8) is 0 Å². The van der Waals surface area contributed by atoms with Gasteiger partial charge in [0.05, 0.1) is 30.5 Å². The van der Waals surface area contributed by atoms with Gasteiger partial charge < -0.3 is 38.7 Å². The first-order chi connectivity index (χ1) is 17.8. The zero-order valence-corrected chi connectivity index (χ0v) is 20.5. The lowest BCUT2D eigenvalue weighted by Crippen LogP contribution is -2.49. The van der Waals surface area contributed by atoms with Crippen LogP contribution in [0.25, 0.3) is 22.2 Å². The molecule has 7 rings (SSSR count). The summed E-state index contributed by atoms with van der Waals surface area (Å²) in [6, 6.07) is 1.68. The number of nitrogens with one attached hydrogen (secondary N) is 2. The summed E-state index contributed by atoms with van der Waals surface area (Å²) in [6.07, 6.45) is 1.16. The second-order valence-electron chi connectivity index (χ2n) is 9.11. The molecule has 0 aromatic carbocycles. The molecule has 3 aliphatic heterocycles. The fourth-order valence-electron chi connectivity index (χ4n) is 5.24. The molecule has 18 heteroatoms. The molecule has 0 radical (unpaired) electrons. The third kappa shape index (κ3) is 3.73. The highest BCUT2D eigenvalue weighted by molar-refractivity contribution is 8.07. The molecule has 3 fully saturated rings. The zero-order chi connectivity index (χ0) is 25.5. The van der Waals surface area contributed by atoms with E-state index in [1.807, 2.05) is 0 Å². The van der Waals surface area contributed by atoms with Crippen molar-refractivity contribution in [1.82, 2.24) is 39.5 Å². The van der Waals surface area contributed by atoms with Gasteiger partial charge in [0.1, 0.15) is 18.0 Å². The Morgan fingerprint density at radius 1 is 1.16 bits per heavy atom. The summed E-state index contributed by atoms with van der Waals surface area (Å²) in [5, 5.41) is 8.40. The predicted molar refractivity (Wildman–Crippen MR) is 129 cm³/mol. The Morgan fingerprint density at radius 3 is 2.89 bits per heavy atom. The number of nitrogens with zero attached hydrogens (tertiary/aromatic N) is 6. The third-order valence-corrected chi connectivity index (χ3v) is 8.48. The third-order valence-electron chi connectivity index (χ3n) is 6.89. The van der Waals surface area contributed by atoms with Crippen LogP contribution in [0.1, 0.15) is 25.3 Å². The van der Waals surface area contributed by atoms with E-state index in [2.05, 4.69) is 30.2 Å². The Bertz CT molecular complexity index is 1700. The highest BCUT2D eigenvalue weighted by Crippen LogP contribution is 2.54. The van der Waals surface area contributed by atoms with Crippen molar-refractivity contribution in [1.29, 1.82) is 0 Å². The molecule has 0 saturated carbocycles. The van der Waals surface area contributed by atoms with Gasteiger partial charge >= 0.3 is 6.72 Å². The van der Waals surface area contributed by atoms with Gasteiger partial charge in [-0.2, -0.15) is 9.67 Å². The minimum absolute atomic E-state index is 0.0153. The molecular formula is C19H20N9O7PS. The maximum Gasteiger partial charge on any atom is 0.325 e. The monoisotopic (exact) mass is 549 g/mol. The Hall–Kier alpha value is -3.05. The average molecular weight is 549 g/mol. The van der Waals surface area contributed by atoms with Crippen molar-refractivity contribution in [3.8, 4) is 0 Å². The van der Waals surface area contributed by atoms with Gasteiger partial charge in [0, 0.05) is 18.5 Å². The van der Waals surface area contributed by atoms with E-state index < -0.39 is 36.9 Å². The number of ether oxygens (including phenoxy) is 2. The summed E-state index contributed by atoms with van der Waals surface area (Å²) in [5.74, 6) is -0.219. The van der Waals surface area contributed by atoms with E-state index in [0.717, 1.165) is 0 Å². The van der Waals surface area contributed by atoms with Crippen LogP contribution in [0.4, 0.5) is 5.95 Å². The molecule has 5 N–H and O–H groups in total. The number of anilines is 1. The molecule has 194 valence electrons. The van der Waals surface area contributed by atoms with Crippen LogP contribution in [0.15, 0.2) is 28.2 Å². The quantitative estimate of drug-likeness (QED) is 0.236. The van der Waals surface area contributed by atoms with E-state index in [1.54, 1.807) is 16.8 Å². The molecule has 4 aromatic heterocycles. The largest absolute Gasteiger partial charge is 0.369 e. The Morgan fingerprint density at radius 2 is 2.03 bits per heavy atom. The standard InChI is InChI=1S/C19H20N9O7PS/c20-19-23-14-12(16(30)24-19)25-26-28(14)18-10-4-7(33-18)3-9-11(5-32-36(31,37)35-10)34-17(9)27-2-1-8-13(27)21-6-22-15(8)29/h1-2,6-7,9-11,17-18H,3-5H2,(H,31,37)(H,21,22,29)(H3,20,23,24,30)/t7-,9?,10+,11+,17+,18+,36?/m0/s1. The zero-order valence-electron chi connectivity index (χ0n) is 18.8. The molecular weight excluding hydrogens is 529 g/mol. The fraction of sp³-hybridized carbons (Fsp3) is 0.474. The van der Waals surface area contributed by atoms with Crippen LogP contribution in [0.3, 0.4) is 0 Å². The maximum atomic E-state index is 12.2. The first-order valence-corrected chi connectivity index (χ1v) is 14.0. The van der Waals surface area contributed by atoms with E-state index in [9.17, 15) is 14.5 Å². The van der Waals surface area contributed by atoms with E-state index in [-0.39, 0.29) is 41.3 Å². The van der Waals surface area contributed by atoms with Crippen LogP contribution in [-0.4, -0.2) is 69.3 Å². The first-order valence-electron chi connectivity index (χ1n) is 11.4. The Kier molecular flexibility index (Phi) is 5.13. The van der Waals surface area contributed by atoms with Gasteiger partial charge in [-0.1, -0.05) is 5.21 Å². The van der Waals surface area contributed by atoms with Crippen LogP contribution >= 0.6 is 6.72 Å². The summed E-state index contributed by atoms with van der Waals surface area (Å²) in [5.41, 5.74) is 5.52. The van der Waals surface area contributed by atoms with Gasteiger partial charge in [0.15, 0.2) is 17.4 Å². The molecule has 0 amide bonds. The smallest absolute Gasteiger partial charge is 0.325 e. The number of nitrogen functional groups attached to an aromatic ring is 1. The summed E-state index contributed by atoms with van der Waals surface area (Å²) in [6.45, 7) is -3.67. The first kappa shape index (κ1) is 23.1. The van der Waals surface area contributed by atoms with E-state index in [4.69, 9.17) is 36.1 Å². The molecule has 3 aliphatic rings. The summed E-state index contributed by atoms with van der Waals surface area (Å²) in [4.78, 5) is 48.6. The number of aromatic amines is 2. The van der Waals surface area contributed by atoms with Crippen molar-refractivity contribution in [2.75, 3.05) is 12.3 Å². The van der Waals surface area contributed by atoms with Crippen LogP contribution in [0.2, 0.25) is 0 Å². The van der Waals surface area contributed by atoms with Crippen molar-refractivity contribution in [2.24, 2.45) is 5.92 Å². The highest BCUT2D eigenvalue weighted by Gasteiger charge is 2.51. The molecule has 37 heavy (non-hydrogen) atoms. The Balaban J connectivity index is 1.24. The van der Waals surface area contributed by atoms with Gasteiger partial charge in [-0.25, -0.2) is 4.98 Å². The molecule has 2 bridgehead atoms. The van der Waals surface area contributed by atoms with Crippen molar-refractivity contribution < 1.29 is 23.4 Å². The number of nitrogens with two attached hydrogens (primary N) is 1. The van der Waals surface area contributed by atoms with Crippen molar-refractivity contribution >= 4 is 46.7 Å². The van der Waals surface area contributed by atoms with Gasteiger partial charge in [0.25, 0.3) is 11.1 Å². The lowest BCUT2D eigenvalue weighted by Gasteiger charge is -2.46. The van der Waals surface area contributed by atoms with Gasteiger partial charge in [-0.05, 0) is 24.3 Å². The van der Waals surface area contributed by atoms with Gasteiger partial charge in [-0.15, -0.1) is 5.10 Å². The molecule has 4 aromatic rings.